The van der Waals surface area contributed by atoms with Crippen molar-refractivity contribution < 1.29 is 17.3 Å². The van der Waals surface area contributed by atoms with Crippen molar-refractivity contribution in [2.45, 2.75) is 31.3 Å². The molecule has 2 aromatic rings. The molecule has 1 aromatic heterocycles. The molecular weight excluding hydrogens is 283 g/mol. The normalized spacial score (nSPS) is 13.3. The van der Waals surface area contributed by atoms with E-state index in [1.165, 1.54) is 24.3 Å². The molecule has 0 aliphatic rings. The topological polar surface area (TPSA) is 73.1 Å². The number of nitrogens with zero attached hydrogens (tertiary/aromatic N) is 2. The largest absolute Gasteiger partial charge is 0.338 e. The van der Waals surface area contributed by atoms with Crippen LogP contribution in [0.15, 0.2) is 28.8 Å². The Labute approximate surface area is 116 Å². The van der Waals surface area contributed by atoms with Crippen LogP contribution in [0.25, 0.3) is 0 Å². The quantitative estimate of drug-likeness (QED) is 0.847. The first-order valence-electron chi connectivity index (χ1n) is 6.21. The van der Waals surface area contributed by atoms with Gasteiger partial charge in [-0.25, -0.2) is 12.8 Å². The SMILES string of the molecule is CCc1noc(CS(=O)(=O)[C@H](C)c2ccc(F)cc2)n1. The van der Waals surface area contributed by atoms with Gasteiger partial charge in [0.05, 0.1) is 5.25 Å². The monoisotopic (exact) mass is 298 g/mol. The highest BCUT2D eigenvalue weighted by Crippen LogP contribution is 2.25. The molecule has 0 saturated heterocycles. The highest BCUT2D eigenvalue weighted by atomic mass is 32.2. The molecule has 0 bridgehead atoms. The molecule has 1 atom stereocenters. The Hall–Kier alpha value is -1.76. The molecule has 0 amide bonds. The number of rotatable bonds is 5. The Morgan fingerprint density at radius 2 is 1.95 bits per heavy atom. The minimum Gasteiger partial charge on any atom is -0.338 e. The van der Waals surface area contributed by atoms with E-state index in [-0.39, 0.29) is 11.6 Å². The molecule has 1 heterocycles. The second-order valence-electron chi connectivity index (χ2n) is 4.46. The third-order valence-corrected chi connectivity index (χ3v) is 5.03. The van der Waals surface area contributed by atoms with E-state index in [1.54, 1.807) is 6.92 Å². The summed E-state index contributed by atoms with van der Waals surface area (Å²) in [4.78, 5) is 3.99. The van der Waals surface area contributed by atoms with Crippen molar-refractivity contribution in [3.05, 3.63) is 47.4 Å². The molecule has 0 unspecified atom stereocenters. The summed E-state index contributed by atoms with van der Waals surface area (Å²) in [5, 5.41) is 2.90. The number of halogens is 1. The molecule has 0 aliphatic heterocycles. The molecule has 0 fully saturated rings. The number of hydrogen-bond acceptors (Lipinski definition) is 5. The second kappa shape index (κ2) is 5.70. The Balaban J connectivity index is 2.19. The summed E-state index contributed by atoms with van der Waals surface area (Å²) in [5.41, 5.74) is 0.529. The van der Waals surface area contributed by atoms with Crippen LogP contribution in [0, 0.1) is 5.82 Å². The van der Waals surface area contributed by atoms with Gasteiger partial charge < -0.3 is 4.52 Å². The van der Waals surface area contributed by atoms with Gasteiger partial charge in [0, 0.05) is 6.42 Å². The van der Waals surface area contributed by atoms with Crippen molar-refractivity contribution in [3.63, 3.8) is 0 Å². The number of hydrogen-bond donors (Lipinski definition) is 0. The van der Waals surface area contributed by atoms with E-state index in [1.807, 2.05) is 6.92 Å². The molecule has 2 rings (SSSR count). The lowest BCUT2D eigenvalue weighted by Gasteiger charge is -2.11. The minimum absolute atomic E-state index is 0.0795. The zero-order valence-electron chi connectivity index (χ0n) is 11.2. The van der Waals surface area contributed by atoms with Gasteiger partial charge in [-0.2, -0.15) is 4.98 Å². The lowest BCUT2D eigenvalue weighted by atomic mass is 10.2. The first-order chi connectivity index (χ1) is 9.42. The molecule has 0 saturated carbocycles. The van der Waals surface area contributed by atoms with E-state index in [0.29, 0.717) is 17.8 Å². The van der Waals surface area contributed by atoms with Gasteiger partial charge in [-0.15, -0.1) is 0 Å². The fourth-order valence-corrected chi connectivity index (χ4v) is 3.01. The van der Waals surface area contributed by atoms with Gasteiger partial charge in [0.2, 0.25) is 5.89 Å². The van der Waals surface area contributed by atoms with Crippen LogP contribution in [0.3, 0.4) is 0 Å². The summed E-state index contributed by atoms with van der Waals surface area (Å²) in [5.74, 6) is -0.165. The van der Waals surface area contributed by atoms with Gasteiger partial charge in [0.1, 0.15) is 11.6 Å². The van der Waals surface area contributed by atoms with Crippen LogP contribution >= 0.6 is 0 Å². The second-order valence-corrected chi connectivity index (χ2v) is 6.78. The van der Waals surface area contributed by atoms with Crippen molar-refractivity contribution in [1.29, 1.82) is 0 Å². The number of sulfone groups is 1. The Kier molecular flexibility index (Phi) is 4.17. The Bertz CT molecular complexity index is 680. The van der Waals surface area contributed by atoms with Gasteiger partial charge in [-0.3, -0.25) is 0 Å². The van der Waals surface area contributed by atoms with Crippen LogP contribution in [-0.2, 0) is 22.0 Å². The molecule has 0 aliphatic carbocycles. The maximum Gasteiger partial charge on any atom is 0.241 e. The minimum atomic E-state index is -3.49. The summed E-state index contributed by atoms with van der Waals surface area (Å²) in [6.07, 6.45) is 0.580. The standard InChI is InChI=1S/C13H15FN2O3S/c1-3-12-15-13(19-16-12)8-20(17,18)9(2)10-4-6-11(14)7-5-10/h4-7,9H,3,8H2,1-2H3/t9-/m1/s1. The highest BCUT2D eigenvalue weighted by molar-refractivity contribution is 7.90. The third-order valence-electron chi connectivity index (χ3n) is 3.03. The van der Waals surface area contributed by atoms with E-state index in [0.717, 1.165) is 0 Å². The lowest BCUT2D eigenvalue weighted by molar-refractivity contribution is 0.383. The molecule has 0 N–H and O–H groups in total. The molecule has 1 aromatic carbocycles. The van der Waals surface area contributed by atoms with Crippen molar-refractivity contribution in [2.75, 3.05) is 0 Å². The fraction of sp³-hybridized carbons (Fsp3) is 0.385. The summed E-state index contributed by atoms with van der Waals surface area (Å²) < 4.78 is 42.3. The molecule has 20 heavy (non-hydrogen) atoms. The number of benzene rings is 1. The Morgan fingerprint density at radius 1 is 1.30 bits per heavy atom. The van der Waals surface area contributed by atoms with E-state index in [2.05, 4.69) is 10.1 Å². The van der Waals surface area contributed by atoms with E-state index in [4.69, 9.17) is 4.52 Å². The highest BCUT2D eigenvalue weighted by Gasteiger charge is 2.25. The van der Waals surface area contributed by atoms with Crippen LogP contribution in [0.2, 0.25) is 0 Å². The van der Waals surface area contributed by atoms with Crippen molar-refractivity contribution >= 4 is 9.84 Å². The zero-order chi connectivity index (χ0) is 14.8. The maximum atomic E-state index is 12.9. The molecule has 5 nitrogen and oxygen atoms in total. The summed E-state index contributed by atoms with van der Waals surface area (Å²) in [6.45, 7) is 3.41. The van der Waals surface area contributed by atoms with Gasteiger partial charge in [-0.1, -0.05) is 24.2 Å². The predicted molar refractivity (Wildman–Crippen MR) is 71.1 cm³/mol. The molecule has 0 spiro atoms. The zero-order valence-corrected chi connectivity index (χ0v) is 12.0. The summed E-state index contributed by atoms with van der Waals surface area (Å²) >= 11 is 0. The average molecular weight is 298 g/mol. The average Bonchev–Trinajstić information content (AvgIpc) is 2.85. The smallest absolute Gasteiger partial charge is 0.241 e. The van der Waals surface area contributed by atoms with Crippen molar-refractivity contribution in [2.24, 2.45) is 0 Å². The first-order valence-corrected chi connectivity index (χ1v) is 7.92. The van der Waals surface area contributed by atoms with Crippen LogP contribution in [0.4, 0.5) is 4.39 Å². The van der Waals surface area contributed by atoms with Crippen LogP contribution in [0.5, 0.6) is 0 Å². The fourth-order valence-electron chi connectivity index (χ4n) is 1.73. The van der Waals surface area contributed by atoms with Crippen LogP contribution < -0.4 is 0 Å². The van der Waals surface area contributed by atoms with Crippen LogP contribution in [0.1, 0.15) is 36.4 Å². The molecule has 7 heteroatoms. The number of aryl methyl sites for hydroxylation is 1. The van der Waals surface area contributed by atoms with E-state index in [9.17, 15) is 12.8 Å². The van der Waals surface area contributed by atoms with Crippen molar-refractivity contribution in [3.8, 4) is 0 Å². The maximum absolute atomic E-state index is 12.9. The Morgan fingerprint density at radius 3 is 2.50 bits per heavy atom. The summed E-state index contributed by atoms with van der Waals surface area (Å²) in [6, 6.07) is 5.40. The van der Waals surface area contributed by atoms with Crippen molar-refractivity contribution in [1.82, 2.24) is 10.1 Å². The predicted octanol–water partition coefficient (Wildman–Crippen LogP) is 2.45. The van der Waals surface area contributed by atoms with E-state index < -0.39 is 20.9 Å². The lowest BCUT2D eigenvalue weighted by Crippen LogP contribution is -2.13. The summed E-state index contributed by atoms with van der Waals surface area (Å²) in [7, 11) is -3.49. The van der Waals surface area contributed by atoms with Gasteiger partial charge in [0.25, 0.3) is 0 Å². The number of aromatic nitrogens is 2. The van der Waals surface area contributed by atoms with Gasteiger partial charge >= 0.3 is 0 Å². The van der Waals surface area contributed by atoms with E-state index >= 15 is 0 Å². The molecule has 0 radical (unpaired) electrons. The van der Waals surface area contributed by atoms with Crippen LogP contribution in [-0.4, -0.2) is 18.6 Å². The third kappa shape index (κ3) is 3.22. The van der Waals surface area contributed by atoms with Gasteiger partial charge in [-0.05, 0) is 24.6 Å². The molecular formula is C13H15FN2O3S. The van der Waals surface area contributed by atoms with Gasteiger partial charge in [0.15, 0.2) is 15.7 Å². The molecule has 108 valence electrons. The first kappa shape index (κ1) is 14.6.